The van der Waals surface area contributed by atoms with E-state index in [1.165, 1.54) is 0 Å². The summed E-state index contributed by atoms with van der Waals surface area (Å²) in [5, 5.41) is 7.67. The van der Waals surface area contributed by atoms with Crippen molar-refractivity contribution in [2.45, 2.75) is 0 Å². The van der Waals surface area contributed by atoms with Gasteiger partial charge in [0.05, 0.1) is 5.56 Å². The number of aryl methyl sites for hydroxylation is 1. The average molecular weight is 324 g/mol. The average Bonchev–Trinajstić information content (AvgIpc) is 2.98. The highest BCUT2D eigenvalue weighted by molar-refractivity contribution is 7.13. The van der Waals surface area contributed by atoms with E-state index in [9.17, 15) is 0 Å². The van der Waals surface area contributed by atoms with Gasteiger partial charge in [0, 0.05) is 27.5 Å². The first kappa shape index (κ1) is 13.5. The number of thiophene rings is 1. The number of hydrogen-bond donors (Lipinski definition) is 1. The van der Waals surface area contributed by atoms with Gasteiger partial charge in [-0.05, 0) is 29.6 Å². The summed E-state index contributed by atoms with van der Waals surface area (Å²) in [4.78, 5) is 1.07. The molecule has 20 heavy (non-hydrogen) atoms. The van der Waals surface area contributed by atoms with Crippen molar-refractivity contribution >= 4 is 40.4 Å². The summed E-state index contributed by atoms with van der Waals surface area (Å²) >= 11 is 13.8. The van der Waals surface area contributed by atoms with Gasteiger partial charge in [0.2, 0.25) is 0 Å². The molecule has 0 amide bonds. The molecule has 2 aromatic heterocycles. The first-order chi connectivity index (χ1) is 9.56. The highest BCUT2D eigenvalue weighted by Crippen LogP contribution is 2.39. The molecule has 3 rings (SSSR count). The van der Waals surface area contributed by atoms with Crippen molar-refractivity contribution in [2.75, 3.05) is 5.73 Å². The molecule has 0 saturated carbocycles. The van der Waals surface area contributed by atoms with Gasteiger partial charge in [-0.15, -0.1) is 11.3 Å². The third kappa shape index (κ3) is 2.30. The van der Waals surface area contributed by atoms with E-state index in [0.717, 1.165) is 21.7 Å². The SMILES string of the molecule is Cn1nc(-c2cc(Cl)cc(Cl)c2)c(-c2cccs2)c1N. The predicted octanol–water partition coefficient (Wildman–Crippen LogP) is 4.70. The Morgan fingerprint density at radius 3 is 2.50 bits per heavy atom. The van der Waals surface area contributed by atoms with Crippen molar-refractivity contribution in [3.63, 3.8) is 0 Å². The molecule has 0 bridgehead atoms. The molecule has 6 heteroatoms. The zero-order chi connectivity index (χ0) is 14.3. The van der Waals surface area contributed by atoms with Crippen LogP contribution in [0.5, 0.6) is 0 Å². The number of anilines is 1. The summed E-state index contributed by atoms with van der Waals surface area (Å²) in [6, 6.07) is 9.39. The van der Waals surface area contributed by atoms with Crippen molar-refractivity contribution in [1.82, 2.24) is 9.78 Å². The van der Waals surface area contributed by atoms with Crippen LogP contribution in [0.25, 0.3) is 21.7 Å². The van der Waals surface area contributed by atoms with Crippen LogP contribution >= 0.6 is 34.5 Å². The largest absolute Gasteiger partial charge is 0.383 e. The van der Waals surface area contributed by atoms with Crippen LogP contribution in [0, 0.1) is 0 Å². The summed E-state index contributed by atoms with van der Waals surface area (Å²) in [5.74, 6) is 0.624. The summed E-state index contributed by atoms with van der Waals surface area (Å²) in [6.07, 6.45) is 0. The van der Waals surface area contributed by atoms with Crippen LogP contribution < -0.4 is 5.73 Å². The molecule has 0 radical (unpaired) electrons. The van der Waals surface area contributed by atoms with E-state index in [0.29, 0.717) is 15.9 Å². The molecule has 3 aromatic rings. The minimum atomic E-state index is 0.578. The van der Waals surface area contributed by atoms with E-state index >= 15 is 0 Å². The molecule has 0 spiro atoms. The number of halogens is 2. The Morgan fingerprint density at radius 1 is 1.20 bits per heavy atom. The third-order valence-corrected chi connectivity index (χ3v) is 4.32. The van der Waals surface area contributed by atoms with Gasteiger partial charge in [-0.3, -0.25) is 4.68 Å². The molecule has 3 nitrogen and oxygen atoms in total. The van der Waals surface area contributed by atoms with E-state index in [2.05, 4.69) is 5.10 Å². The van der Waals surface area contributed by atoms with Crippen LogP contribution in [0.1, 0.15) is 0 Å². The Hall–Kier alpha value is -1.49. The number of hydrogen-bond acceptors (Lipinski definition) is 3. The van der Waals surface area contributed by atoms with Crippen LogP contribution in [-0.4, -0.2) is 9.78 Å². The smallest absolute Gasteiger partial charge is 0.130 e. The van der Waals surface area contributed by atoms with Gasteiger partial charge in [0.25, 0.3) is 0 Å². The number of rotatable bonds is 2. The van der Waals surface area contributed by atoms with Gasteiger partial charge in [-0.25, -0.2) is 0 Å². The Bertz CT molecular complexity index is 743. The quantitative estimate of drug-likeness (QED) is 0.742. The molecule has 0 unspecified atom stereocenters. The molecule has 0 aliphatic rings. The Balaban J connectivity index is 2.26. The van der Waals surface area contributed by atoms with Gasteiger partial charge in [0.15, 0.2) is 0 Å². The second-order valence-corrected chi connectivity index (χ2v) is 6.19. The van der Waals surface area contributed by atoms with E-state index in [1.807, 2.05) is 36.7 Å². The Kier molecular flexibility index (Phi) is 3.46. The molecule has 1 aromatic carbocycles. The second-order valence-electron chi connectivity index (χ2n) is 4.37. The molecule has 2 N–H and O–H groups in total. The first-order valence-corrected chi connectivity index (χ1v) is 7.52. The van der Waals surface area contributed by atoms with Gasteiger partial charge < -0.3 is 5.73 Å². The number of nitrogen functional groups attached to an aromatic ring is 1. The lowest BCUT2D eigenvalue weighted by atomic mass is 10.1. The van der Waals surface area contributed by atoms with E-state index in [1.54, 1.807) is 22.1 Å². The van der Waals surface area contributed by atoms with Crippen molar-refractivity contribution in [3.05, 3.63) is 45.8 Å². The fourth-order valence-electron chi connectivity index (χ4n) is 2.09. The number of nitrogens with two attached hydrogens (primary N) is 1. The van der Waals surface area contributed by atoms with Crippen LogP contribution in [0.2, 0.25) is 10.0 Å². The fourth-order valence-corrected chi connectivity index (χ4v) is 3.40. The fraction of sp³-hybridized carbons (Fsp3) is 0.0714. The van der Waals surface area contributed by atoms with E-state index in [-0.39, 0.29) is 0 Å². The van der Waals surface area contributed by atoms with Crippen molar-refractivity contribution < 1.29 is 0 Å². The lowest BCUT2D eigenvalue weighted by molar-refractivity contribution is 0.782. The van der Waals surface area contributed by atoms with Gasteiger partial charge >= 0.3 is 0 Å². The number of aromatic nitrogens is 2. The molecule has 102 valence electrons. The Morgan fingerprint density at radius 2 is 1.90 bits per heavy atom. The van der Waals surface area contributed by atoms with Crippen molar-refractivity contribution in [1.29, 1.82) is 0 Å². The minimum absolute atomic E-state index is 0.578. The number of benzene rings is 1. The Labute approximate surface area is 130 Å². The summed E-state index contributed by atoms with van der Waals surface area (Å²) in [6.45, 7) is 0. The first-order valence-electron chi connectivity index (χ1n) is 5.89. The van der Waals surface area contributed by atoms with Gasteiger partial charge in [-0.2, -0.15) is 5.10 Å². The summed E-state index contributed by atoms with van der Waals surface area (Å²) < 4.78 is 1.67. The highest BCUT2D eigenvalue weighted by atomic mass is 35.5. The molecule has 0 aliphatic heterocycles. The van der Waals surface area contributed by atoms with E-state index in [4.69, 9.17) is 28.9 Å². The highest BCUT2D eigenvalue weighted by Gasteiger charge is 2.18. The van der Waals surface area contributed by atoms with Crippen LogP contribution in [0.15, 0.2) is 35.7 Å². The molecule has 0 fully saturated rings. The lowest BCUT2D eigenvalue weighted by Gasteiger charge is -2.03. The standard InChI is InChI=1S/C14H11Cl2N3S/c1-19-14(17)12(11-3-2-4-20-11)13(18-19)8-5-9(15)7-10(16)6-8/h2-7H,17H2,1H3. The maximum Gasteiger partial charge on any atom is 0.130 e. The maximum atomic E-state index is 6.15. The molecule has 2 heterocycles. The summed E-state index contributed by atoms with van der Waals surface area (Å²) in [5.41, 5.74) is 8.71. The molecule has 0 atom stereocenters. The topological polar surface area (TPSA) is 43.8 Å². The maximum absolute atomic E-state index is 6.15. The normalized spacial score (nSPS) is 10.9. The second kappa shape index (κ2) is 5.13. The molecular formula is C14H11Cl2N3S. The third-order valence-electron chi connectivity index (χ3n) is 3.00. The predicted molar refractivity (Wildman–Crippen MR) is 86.4 cm³/mol. The lowest BCUT2D eigenvalue weighted by Crippen LogP contribution is -1.97. The monoisotopic (exact) mass is 323 g/mol. The van der Waals surface area contributed by atoms with Gasteiger partial charge in [0.1, 0.15) is 11.5 Å². The zero-order valence-electron chi connectivity index (χ0n) is 10.6. The molecular weight excluding hydrogens is 313 g/mol. The van der Waals surface area contributed by atoms with Crippen molar-refractivity contribution in [3.8, 4) is 21.7 Å². The van der Waals surface area contributed by atoms with Crippen LogP contribution in [-0.2, 0) is 7.05 Å². The minimum Gasteiger partial charge on any atom is -0.383 e. The molecule has 0 saturated heterocycles. The number of nitrogens with zero attached hydrogens (tertiary/aromatic N) is 2. The molecule has 0 aliphatic carbocycles. The summed E-state index contributed by atoms with van der Waals surface area (Å²) in [7, 11) is 1.82. The van der Waals surface area contributed by atoms with Crippen LogP contribution in [0.4, 0.5) is 5.82 Å². The van der Waals surface area contributed by atoms with E-state index < -0.39 is 0 Å². The zero-order valence-corrected chi connectivity index (χ0v) is 12.9. The van der Waals surface area contributed by atoms with Crippen molar-refractivity contribution in [2.24, 2.45) is 7.05 Å². The van der Waals surface area contributed by atoms with Crippen LogP contribution in [0.3, 0.4) is 0 Å². The van der Waals surface area contributed by atoms with Gasteiger partial charge in [-0.1, -0.05) is 29.3 Å².